The Bertz CT molecular complexity index is 2600. The number of benzene rings is 4. The van der Waals surface area contributed by atoms with Crippen LogP contribution in [-0.2, 0) is 9.53 Å². The molecule has 7 aromatic rings. The third kappa shape index (κ3) is 7.97. The minimum atomic E-state index is -0.703. The van der Waals surface area contributed by atoms with Crippen molar-refractivity contribution in [1.29, 1.82) is 5.26 Å². The molecule has 0 aliphatic heterocycles. The van der Waals surface area contributed by atoms with Crippen LogP contribution in [0.2, 0.25) is 0 Å². The summed E-state index contributed by atoms with van der Waals surface area (Å²) in [6.45, 7) is 0. The summed E-state index contributed by atoms with van der Waals surface area (Å²) in [4.78, 5) is 23.4. The fourth-order valence-corrected chi connectivity index (χ4v) is 8.59. The first kappa shape index (κ1) is 36.0. The van der Waals surface area contributed by atoms with Crippen LogP contribution in [0.3, 0.4) is 0 Å². The van der Waals surface area contributed by atoms with Gasteiger partial charge in [0.25, 0.3) is 0 Å². The zero-order chi connectivity index (χ0) is 37.4. The first-order valence-corrected chi connectivity index (χ1v) is 19.1. The highest BCUT2D eigenvalue weighted by molar-refractivity contribution is 7.22. The quantitative estimate of drug-likeness (QED) is 0.107. The molecule has 0 radical (unpaired) electrons. The van der Waals surface area contributed by atoms with Crippen LogP contribution in [-0.4, -0.2) is 32.3 Å². The standard InChI is InChI=1S/C44H31N3O4S3/c1-49-34-18-14-32(15-19-34)47(33-16-20-35(50-2)21-17-33)31-12-9-29(10-13-31)11-22-36-23-25-39(52-36)40-26-24-37(53-40)27-41-42(30-7-5-4-6-8-30)46-43(54-41)38(28-45)44(48)51-3/h4-10,12-21,23-27H,1-3H3/b41-27?,43-38-. The number of hydrogen-bond donors (Lipinski definition) is 0. The van der Waals surface area contributed by atoms with Gasteiger partial charge in [0.2, 0.25) is 0 Å². The molecular formula is C44H31N3O4S3. The molecule has 10 heteroatoms. The highest BCUT2D eigenvalue weighted by Gasteiger charge is 2.16. The molecule has 0 bridgehead atoms. The Morgan fingerprint density at radius 3 is 1.87 bits per heavy atom. The highest BCUT2D eigenvalue weighted by atomic mass is 32.1. The van der Waals surface area contributed by atoms with Gasteiger partial charge in [-0.1, -0.05) is 42.2 Å². The van der Waals surface area contributed by atoms with Gasteiger partial charge < -0.3 is 19.1 Å². The van der Waals surface area contributed by atoms with Gasteiger partial charge in [-0.3, -0.25) is 0 Å². The van der Waals surface area contributed by atoms with Crippen LogP contribution >= 0.6 is 34.0 Å². The number of anilines is 3. The Morgan fingerprint density at radius 1 is 0.685 bits per heavy atom. The van der Waals surface area contributed by atoms with Gasteiger partial charge in [0.1, 0.15) is 22.2 Å². The second kappa shape index (κ2) is 16.5. The van der Waals surface area contributed by atoms with Crippen LogP contribution < -0.4 is 23.6 Å². The molecule has 0 fully saturated rings. The van der Waals surface area contributed by atoms with Crippen molar-refractivity contribution in [3.8, 4) is 50.4 Å². The average molecular weight is 762 g/mol. The molecule has 7 rings (SSSR count). The smallest absolute Gasteiger partial charge is 0.351 e. The number of carbonyl (C=O) groups is 1. The number of esters is 1. The summed E-state index contributed by atoms with van der Waals surface area (Å²) in [5.41, 5.74) is 5.40. The number of carbonyl (C=O) groups excluding carboxylic acids is 1. The Hall–Kier alpha value is -6.43. The molecule has 4 aromatic carbocycles. The molecule has 0 spiro atoms. The predicted molar refractivity (Wildman–Crippen MR) is 219 cm³/mol. The van der Waals surface area contributed by atoms with E-state index < -0.39 is 5.97 Å². The summed E-state index contributed by atoms with van der Waals surface area (Å²) >= 11 is 4.59. The molecule has 3 aromatic heterocycles. The van der Waals surface area contributed by atoms with Crippen molar-refractivity contribution in [2.24, 2.45) is 0 Å². The van der Waals surface area contributed by atoms with Crippen LogP contribution in [0.5, 0.6) is 11.5 Å². The topological polar surface area (TPSA) is 84.7 Å². The van der Waals surface area contributed by atoms with Crippen molar-refractivity contribution in [3.05, 3.63) is 152 Å². The zero-order valence-corrected chi connectivity index (χ0v) is 31.9. The molecule has 0 saturated carbocycles. The number of hydrogen-bond acceptors (Lipinski definition) is 10. The van der Waals surface area contributed by atoms with E-state index in [1.165, 1.54) is 18.4 Å². The molecule has 54 heavy (non-hydrogen) atoms. The van der Waals surface area contributed by atoms with Crippen molar-refractivity contribution >= 4 is 68.7 Å². The lowest BCUT2D eigenvalue weighted by Gasteiger charge is -2.25. The van der Waals surface area contributed by atoms with Gasteiger partial charge in [-0.2, -0.15) is 5.26 Å². The highest BCUT2D eigenvalue weighted by Crippen LogP contribution is 2.37. The number of rotatable bonds is 9. The molecule has 0 unspecified atom stereocenters. The first-order valence-electron chi connectivity index (χ1n) is 16.6. The van der Waals surface area contributed by atoms with Crippen LogP contribution in [0.25, 0.3) is 32.7 Å². The Morgan fingerprint density at radius 2 is 1.28 bits per heavy atom. The molecule has 0 N–H and O–H groups in total. The van der Waals surface area contributed by atoms with Gasteiger partial charge >= 0.3 is 5.97 Å². The average Bonchev–Trinajstić information content (AvgIpc) is 4.00. The third-order valence-corrected chi connectivity index (χ3v) is 11.5. The lowest BCUT2D eigenvalue weighted by molar-refractivity contribution is -0.133. The van der Waals surface area contributed by atoms with Gasteiger partial charge in [-0.15, -0.1) is 34.0 Å². The van der Waals surface area contributed by atoms with E-state index >= 15 is 0 Å². The molecule has 3 heterocycles. The number of methoxy groups -OCH3 is 3. The summed E-state index contributed by atoms with van der Waals surface area (Å²) < 4.78 is 16.8. The number of thiophene rings is 2. The normalized spacial score (nSPS) is 11.6. The van der Waals surface area contributed by atoms with Gasteiger partial charge in [0.15, 0.2) is 5.57 Å². The van der Waals surface area contributed by atoms with Crippen LogP contribution in [0.1, 0.15) is 15.3 Å². The third-order valence-electron chi connectivity index (χ3n) is 8.28. The molecule has 0 aliphatic carbocycles. The maximum absolute atomic E-state index is 12.3. The summed E-state index contributed by atoms with van der Waals surface area (Å²) in [7, 11) is 4.58. The number of nitriles is 1. The molecule has 0 amide bonds. The van der Waals surface area contributed by atoms with E-state index in [-0.39, 0.29) is 5.57 Å². The number of ether oxygens (including phenoxy) is 3. The summed E-state index contributed by atoms with van der Waals surface area (Å²) in [5, 5.41) is 9.67. The predicted octanol–water partition coefficient (Wildman–Crippen LogP) is 9.16. The minimum Gasteiger partial charge on any atom is -0.497 e. The summed E-state index contributed by atoms with van der Waals surface area (Å²) in [5.74, 6) is 7.56. The van der Waals surface area contributed by atoms with Crippen LogP contribution in [0.15, 0.2) is 127 Å². The Kier molecular flexibility index (Phi) is 11.0. The largest absolute Gasteiger partial charge is 0.497 e. The van der Waals surface area contributed by atoms with E-state index in [2.05, 4.69) is 53.1 Å². The van der Waals surface area contributed by atoms with E-state index in [4.69, 9.17) is 19.2 Å². The van der Waals surface area contributed by atoms with Gasteiger partial charge in [0.05, 0.1) is 36.4 Å². The maximum atomic E-state index is 12.3. The lowest BCUT2D eigenvalue weighted by Crippen LogP contribution is -2.13. The zero-order valence-electron chi connectivity index (χ0n) is 29.4. The van der Waals surface area contributed by atoms with Gasteiger partial charge in [0, 0.05) is 42.8 Å². The number of thiazole rings is 1. The van der Waals surface area contributed by atoms with Crippen molar-refractivity contribution in [2.45, 2.75) is 0 Å². The van der Waals surface area contributed by atoms with Crippen LogP contribution in [0, 0.1) is 23.2 Å². The van der Waals surface area contributed by atoms with E-state index in [0.717, 1.165) is 63.7 Å². The molecule has 7 nitrogen and oxygen atoms in total. The van der Waals surface area contributed by atoms with E-state index in [0.29, 0.717) is 10.4 Å². The monoisotopic (exact) mass is 761 g/mol. The second-order valence-electron chi connectivity index (χ2n) is 11.6. The second-order valence-corrected chi connectivity index (χ2v) is 14.8. The Balaban J connectivity index is 1.13. The van der Waals surface area contributed by atoms with Crippen molar-refractivity contribution in [3.63, 3.8) is 0 Å². The molecule has 0 atom stereocenters. The molecule has 264 valence electrons. The minimum absolute atomic E-state index is 0.113. The SMILES string of the molecule is COC(=O)/C(C#N)=c1/nc(-c2ccccc2)c(=Cc2ccc(-c3ccc(C#Cc4ccc(N(c5ccc(OC)cc5)c5ccc(OC)cc5)cc4)s3)s2)s1. The van der Waals surface area contributed by atoms with Crippen molar-refractivity contribution in [1.82, 2.24) is 4.98 Å². The Labute approximate surface area is 324 Å². The van der Waals surface area contributed by atoms with E-state index in [1.54, 1.807) is 36.9 Å². The fraction of sp³-hybridized carbons (Fsp3) is 0.0682. The lowest BCUT2D eigenvalue weighted by atomic mass is 10.1. The summed E-state index contributed by atoms with van der Waals surface area (Å²) in [6.07, 6.45) is 2.05. The molecular weight excluding hydrogens is 731 g/mol. The molecule has 0 saturated heterocycles. The number of nitrogens with zero attached hydrogens (tertiary/aromatic N) is 3. The number of aromatic nitrogens is 1. The fourth-order valence-electron chi connectivity index (χ4n) is 5.59. The van der Waals surface area contributed by atoms with Gasteiger partial charge in [-0.25, -0.2) is 9.78 Å². The van der Waals surface area contributed by atoms with Crippen LogP contribution in [0.4, 0.5) is 17.1 Å². The molecule has 0 aliphatic rings. The van der Waals surface area contributed by atoms with Crippen molar-refractivity contribution in [2.75, 3.05) is 26.2 Å². The van der Waals surface area contributed by atoms with Crippen molar-refractivity contribution < 1.29 is 19.0 Å². The maximum Gasteiger partial charge on any atom is 0.351 e. The van der Waals surface area contributed by atoms with E-state index in [1.807, 2.05) is 103 Å². The summed E-state index contributed by atoms with van der Waals surface area (Å²) in [6, 6.07) is 44.2. The van der Waals surface area contributed by atoms with E-state index in [9.17, 15) is 10.1 Å². The first-order chi connectivity index (χ1) is 26.5. The van der Waals surface area contributed by atoms with Gasteiger partial charge in [-0.05, 0) is 103 Å².